The zero-order valence-electron chi connectivity index (χ0n) is 7.21. The highest BCUT2D eigenvalue weighted by molar-refractivity contribution is 5.69. The van der Waals surface area contributed by atoms with Crippen LogP contribution in [0.3, 0.4) is 0 Å². The third-order valence-corrected chi connectivity index (χ3v) is 1.93. The molecule has 0 bridgehead atoms. The van der Waals surface area contributed by atoms with Crippen molar-refractivity contribution < 1.29 is 9.53 Å². The second kappa shape index (κ2) is 4.80. The number of carbonyl (C=O) groups excluding carboxylic acids is 1. The number of rotatable bonds is 5. The van der Waals surface area contributed by atoms with E-state index in [2.05, 4.69) is 11.9 Å². The van der Waals surface area contributed by atoms with Crippen molar-refractivity contribution >= 4 is 6.09 Å². The SMILES string of the molecule is C=CCCCC[C@H]1CNC(=O)O1. The molecule has 1 aliphatic rings. The molecule has 12 heavy (non-hydrogen) atoms. The number of hydrogen-bond donors (Lipinski definition) is 1. The van der Waals surface area contributed by atoms with Crippen molar-refractivity contribution in [1.29, 1.82) is 0 Å². The van der Waals surface area contributed by atoms with Gasteiger partial charge in [0.05, 0.1) is 6.54 Å². The topological polar surface area (TPSA) is 38.3 Å². The first-order valence-corrected chi connectivity index (χ1v) is 4.38. The Morgan fingerprint density at radius 2 is 2.50 bits per heavy atom. The smallest absolute Gasteiger partial charge is 0.407 e. The summed E-state index contributed by atoms with van der Waals surface area (Å²) >= 11 is 0. The van der Waals surface area contributed by atoms with Crippen LogP contribution in [0.1, 0.15) is 25.7 Å². The number of nitrogens with one attached hydrogen (secondary N) is 1. The van der Waals surface area contributed by atoms with Gasteiger partial charge in [-0.1, -0.05) is 6.08 Å². The summed E-state index contributed by atoms with van der Waals surface area (Å²) in [6, 6.07) is 0. The highest BCUT2D eigenvalue weighted by Gasteiger charge is 2.21. The van der Waals surface area contributed by atoms with E-state index in [1.54, 1.807) is 0 Å². The van der Waals surface area contributed by atoms with Gasteiger partial charge in [-0.15, -0.1) is 6.58 Å². The normalized spacial score (nSPS) is 21.7. The second-order valence-corrected chi connectivity index (χ2v) is 2.98. The van der Waals surface area contributed by atoms with Crippen LogP contribution in [-0.4, -0.2) is 18.7 Å². The van der Waals surface area contributed by atoms with Crippen LogP contribution in [0.4, 0.5) is 4.79 Å². The van der Waals surface area contributed by atoms with Gasteiger partial charge >= 0.3 is 6.09 Å². The third-order valence-electron chi connectivity index (χ3n) is 1.93. The summed E-state index contributed by atoms with van der Waals surface area (Å²) in [7, 11) is 0. The Bertz CT molecular complexity index is 168. The zero-order valence-corrected chi connectivity index (χ0v) is 7.21. The Morgan fingerprint density at radius 1 is 1.67 bits per heavy atom. The number of allylic oxidation sites excluding steroid dienone is 1. The predicted octanol–water partition coefficient (Wildman–Crippen LogP) is 1.84. The standard InChI is InChI=1S/C9H15NO2/c1-2-3-4-5-6-8-7-10-9(11)12-8/h2,8H,1,3-7H2,(H,10,11)/t8-/m0/s1. The lowest BCUT2D eigenvalue weighted by Crippen LogP contribution is -2.14. The van der Waals surface area contributed by atoms with Crippen LogP contribution in [0.15, 0.2) is 12.7 Å². The van der Waals surface area contributed by atoms with E-state index in [0.717, 1.165) is 25.7 Å². The molecule has 68 valence electrons. The quantitative estimate of drug-likeness (QED) is 0.503. The van der Waals surface area contributed by atoms with E-state index in [9.17, 15) is 4.79 Å². The molecule has 1 amide bonds. The maximum absolute atomic E-state index is 10.6. The lowest BCUT2D eigenvalue weighted by Gasteiger charge is -2.05. The van der Waals surface area contributed by atoms with Gasteiger partial charge in [0.1, 0.15) is 6.10 Å². The molecular weight excluding hydrogens is 154 g/mol. The Kier molecular flexibility index (Phi) is 3.64. The summed E-state index contributed by atoms with van der Waals surface area (Å²) in [5.74, 6) is 0. The Balaban J connectivity index is 2.00. The van der Waals surface area contributed by atoms with Crippen LogP contribution in [0.5, 0.6) is 0 Å². The average molecular weight is 169 g/mol. The highest BCUT2D eigenvalue weighted by atomic mass is 16.6. The molecular formula is C9H15NO2. The fraction of sp³-hybridized carbons (Fsp3) is 0.667. The van der Waals surface area contributed by atoms with Crippen LogP contribution < -0.4 is 5.32 Å². The number of cyclic esters (lactones) is 1. The summed E-state index contributed by atoms with van der Waals surface area (Å²) in [5, 5.41) is 2.63. The molecule has 1 fully saturated rings. The molecule has 1 rings (SSSR count). The molecule has 3 nitrogen and oxygen atoms in total. The number of hydrogen-bond acceptors (Lipinski definition) is 2. The second-order valence-electron chi connectivity index (χ2n) is 2.98. The van der Waals surface area contributed by atoms with E-state index in [4.69, 9.17) is 4.74 Å². The molecule has 3 heteroatoms. The summed E-state index contributed by atoms with van der Waals surface area (Å²) in [4.78, 5) is 10.6. The molecule has 1 N–H and O–H groups in total. The van der Waals surface area contributed by atoms with Crippen molar-refractivity contribution in [2.24, 2.45) is 0 Å². The fourth-order valence-corrected chi connectivity index (χ4v) is 1.25. The molecule has 0 radical (unpaired) electrons. The lowest BCUT2D eigenvalue weighted by atomic mass is 10.1. The number of alkyl carbamates (subject to hydrolysis) is 1. The minimum Gasteiger partial charge on any atom is -0.444 e. The number of carbonyl (C=O) groups is 1. The number of unbranched alkanes of at least 4 members (excludes halogenated alkanes) is 2. The van der Waals surface area contributed by atoms with E-state index >= 15 is 0 Å². The van der Waals surface area contributed by atoms with Gasteiger partial charge in [0.2, 0.25) is 0 Å². The van der Waals surface area contributed by atoms with E-state index in [-0.39, 0.29) is 12.2 Å². The fourth-order valence-electron chi connectivity index (χ4n) is 1.25. The van der Waals surface area contributed by atoms with Gasteiger partial charge in [0.25, 0.3) is 0 Å². The molecule has 0 saturated carbocycles. The van der Waals surface area contributed by atoms with Crippen LogP contribution in [0.2, 0.25) is 0 Å². The van der Waals surface area contributed by atoms with Gasteiger partial charge in [-0.25, -0.2) is 4.79 Å². The molecule has 1 saturated heterocycles. The molecule has 1 atom stereocenters. The highest BCUT2D eigenvalue weighted by Crippen LogP contribution is 2.10. The summed E-state index contributed by atoms with van der Waals surface area (Å²) < 4.78 is 4.97. The Labute approximate surface area is 72.8 Å². The van der Waals surface area contributed by atoms with Crippen molar-refractivity contribution in [3.05, 3.63) is 12.7 Å². The van der Waals surface area contributed by atoms with Gasteiger partial charge in [-0.05, 0) is 25.7 Å². The van der Waals surface area contributed by atoms with Crippen LogP contribution in [0, 0.1) is 0 Å². The molecule has 1 aliphatic heterocycles. The number of ether oxygens (including phenoxy) is 1. The van der Waals surface area contributed by atoms with Crippen LogP contribution in [0.25, 0.3) is 0 Å². The van der Waals surface area contributed by atoms with Crippen molar-refractivity contribution in [3.63, 3.8) is 0 Å². The Morgan fingerprint density at radius 3 is 3.08 bits per heavy atom. The molecule has 0 unspecified atom stereocenters. The zero-order chi connectivity index (χ0) is 8.81. The minimum atomic E-state index is -0.274. The van der Waals surface area contributed by atoms with E-state index in [1.165, 1.54) is 0 Å². The number of amides is 1. The van der Waals surface area contributed by atoms with Gasteiger partial charge < -0.3 is 10.1 Å². The van der Waals surface area contributed by atoms with E-state index in [0.29, 0.717) is 6.54 Å². The first-order valence-electron chi connectivity index (χ1n) is 4.38. The van der Waals surface area contributed by atoms with Gasteiger partial charge in [-0.2, -0.15) is 0 Å². The van der Waals surface area contributed by atoms with Gasteiger partial charge in [0, 0.05) is 0 Å². The molecule has 0 aromatic rings. The first kappa shape index (κ1) is 9.10. The first-order chi connectivity index (χ1) is 5.83. The summed E-state index contributed by atoms with van der Waals surface area (Å²) in [6.07, 6.45) is 5.99. The molecule has 0 spiro atoms. The predicted molar refractivity (Wildman–Crippen MR) is 46.9 cm³/mol. The van der Waals surface area contributed by atoms with Crippen molar-refractivity contribution in [2.45, 2.75) is 31.8 Å². The van der Waals surface area contributed by atoms with Crippen molar-refractivity contribution in [3.8, 4) is 0 Å². The van der Waals surface area contributed by atoms with Gasteiger partial charge in [-0.3, -0.25) is 0 Å². The average Bonchev–Trinajstić information content (AvgIpc) is 2.45. The van der Waals surface area contributed by atoms with Crippen LogP contribution >= 0.6 is 0 Å². The largest absolute Gasteiger partial charge is 0.444 e. The lowest BCUT2D eigenvalue weighted by molar-refractivity contribution is 0.134. The molecule has 1 heterocycles. The summed E-state index contributed by atoms with van der Waals surface area (Å²) in [6.45, 7) is 4.32. The summed E-state index contributed by atoms with van der Waals surface area (Å²) in [5.41, 5.74) is 0. The monoisotopic (exact) mass is 169 g/mol. The van der Waals surface area contributed by atoms with Crippen molar-refractivity contribution in [2.75, 3.05) is 6.54 Å². The molecule has 0 aromatic carbocycles. The van der Waals surface area contributed by atoms with Gasteiger partial charge in [0.15, 0.2) is 0 Å². The van der Waals surface area contributed by atoms with E-state index in [1.807, 2.05) is 6.08 Å². The van der Waals surface area contributed by atoms with Crippen LogP contribution in [-0.2, 0) is 4.74 Å². The van der Waals surface area contributed by atoms with Crippen molar-refractivity contribution in [1.82, 2.24) is 5.32 Å². The maximum atomic E-state index is 10.6. The minimum absolute atomic E-state index is 0.0994. The van der Waals surface area contributed by atoms with E-state index < -0.39 is 0 Å². The maximum Gasteiger partial charge on any atom is 0.407 e. The Hall–Kier alpha value is -0.990. The molecule has 0 aliphatic carbocycles. The molecule has 0 aromatic heterocycles. The third kappa shape index (κ3) is 2.95.